The molecule has 102 valence electrons. The molecule has 1 amide bonds. The summed E-state index contributed by atoms with van der Waals surface area (Å²) in [5.74, 6) is 0.580. The number of anilines is 1. The zero-order valence-electron chi connectivity index (χ0n) is 11.9. The van der Waals surface area contributed by atoms with E-state index in [0.29, 0.717) is 5.92 Å². The van der Waals surface area contributed by atoms with E-state index in [-0.39, 0.29) is 5.91 Å². The fourth-order valence-electron chi connectivity index (χ4n) is 3.00. The molecule has 0 bridgehead atoms. The first-order valence-electron chi connectivity index (χ1n) is 7.15. The fourth-order valence-corrected chi connectivity index (χ4v) is 3.00. The van der Waals surface area contributed by atoms with Crippen molar-refractivity contribution in [2.45, 2.75) is 32.6 Å². The maximum absolute atomic E-state index is 12.4. The number of carbonyl (C=O) groups is 1. The lowest BCUT2D eigenvalue weighted by Gasteiger charge is -2.12. The van der Waals surface area contributed by atoms with Crippen molar-refractivity contribution in [3.8, 4) is 0 Å². The second-order valence-electron chi connectivity index (χ2n) is 5.58. The normalized spacial score (nSPS) is 16.8. The molecule has 0 saturated heterocycles. The van der Waals surface area contributed by atoms with Crippen LogP contribution in [-0.2, 0) is 6.42 Å². The molecule has 0 spiro atoms. The molecule has 2 heteroatoms. The van der Waals surface area contributed by atoms with Crippen LogP contribution in [0.1, 0.15) is 46.3 Å². The molecule has 20 heavy (non-hydrogen) atoms. The van der Waals surface area contributed by atoms with Crippen LogP contribution in [0.5, 0.6) is 0 Å². The van der Waals surface area contributed by atoms with Gasteiger partial charge in [-0.2, -0.15) is 0 Å². The van der Waals surface area contributed by atoms with Crippen LogP contribution in [0, 0.1) is 6.92 Å². The summed E-state index contributed by atoms with van der Waals surface area (Å²) in [5.41, 5.74) is 5.41. The van der Waals surface area contributed by atoms with Gasteiger partial charge in [-0.15, -0.1) is 0 Å². The van der Waals surface area contributed by atoms with Crippen LogP contribution in [0.3, 0.4) is 0 Å². The highest BCUT2D eigenvalue weighted by molar-refractivity contribution is 6.05. The number of benzene rings is 2. The number of amides is 1. The van der Waals surface area contributed by atoms with E-state index in [1.54, 1.807) is 0 Å². The van der Waals surface area contributed by atoms with E-state index in [2.05, 4.69) is 18.3 Å². The summed E-state index contributed by atoms with van der Waals surface area (Å²) < 4.78 is 0. The van der Waals surface area contributed by atoms with E-state index < -0.39 is 0 Å². The molecule has 3 rings (SSSR count). The summed E-state index contributed by atoms with van der Waals surface area (Å²) in [6, 6.07) is 13.9. The number of nitrogens with one attached hydrogen (secondary N) is 1. The molecular weight excluding hydrogens is 246 g/mol. The summed E-state index contributed by atoms with van der Waals surface area (Å²) >= 11 is 0. The number of hydrogen-bond donors (Lipinski definition) is 1. The molecule has 0 radical (unpaired) electrons. The van der Waals surface area contributed by atoms with Gasteiger partial charge in [-0.05, 0) is 54.5 Å². The molecule has 0 fully saturated rings. The molecule has 1 N–H and O–H groups in total. The smallest absolute Gasteiger partial charge is 0.255 e. The third-order valence-corrected chi connectivity index (χ3v) is 4.21. The number of carbonyl (C=O) groups excluding carboxylic acids is 1. The van der Waals surface area contributed by atoms with Crippen molar-refractivity contribution < 1.29 is 4.79 Å². The van der Waals surface area contributed by atoms with E-state index in [4.69, 9.17) is 0 Å². The van der Waals surface area contributed by atoms with Gasteiger partial charge in [0.2, 0.25) is 0 Å². The molecule has 1 unspecified atom stereocenters. The Morgan fingerprint density at radius 3 is 2.75 bits per heavy atom. The highest BCUT2D eigenvalue weighted by Gasteiger charge is 2.21. The minimum atomic E-state index is -0.0175. The summed E-state index contributed by atoms with van der Waals surface area (Å²) in [4.78, 5) is 12.4. The fraction of sp³-hybridized carbons (Fsp3) is 0.278. The van der Waals surface area contributed by atoms with Gasteiger partial charge in [0.05, 0.1) is 0 Å². The van der Waals surface area contributed by atoms with Gasteiger partial charge in [-0.3, -0.25) is 4.79 Å². The van der Waals surface area contributed by atoms with Crippen molar-refractivity contribution in [2.24, 2.45) is 0 Å². The van der Waals surface area contributed by atoms with Crippen LogP contribution < -0.4 is 5.32 Å². The first-order valence-corrected chi connectivity index (χ1v) is 7.15. The third-order valence-electron chi connectivity index (χ3n) is 4.21. The average Bonchev–Trinajstić information content (AvgIpc) is 2.82. The van der Waals surface area contributed by atoms with E-state index in [1.807, 2.05) is 43.3 Å². The Balaban J connectivity index is 1.90. The molecule has 2 nitrogen and oxygen atoms in total. The second kappa shape index (κ2) is 5.12. The van der Waals surface area contributed by atoms with Crippen LogP contribution in [0.4, 0.5) is 5.69 Å². The molecule has 0 aromatic heterocycles. The van der Waals surface area contributed by atoms with Crippen LogP contribution >= 0.6 is 0 Å². The molecule has 0 heterocycles. The zero-order chi connectivity index (χ0) is 14.1. The van der Waals surface area contributed by atoms with E-state index in [1.165, 1.54) is 17.5 Å². The quantitative estimate of drug-likeness (QED) is 0.862. The highest BCUT2D eigenvalue weighted by atomic mass is 16.1. The van der Waals surface area contributed by atoms with Gasteiger partial charge in [0.15, 0.2) is 0 Å². The monoisotopic (exact) mass is 265 g/mol. The molecule has 1 aliphatic rings. The molecular formula is C18H19NO. The molecule has 0 aliphatic heterocycles. The first kappa shape index (κ1) is 12.9. The Morgan fingerprint density at radius 1 is 1.15 bits per heavy atom. The zero-order valence-corrected chi connectivity index (χ0v) is 11.9. The minimum Gasteiger partial charge on any atom is -0.322 e. The van der Waals surface area contributed by atoms with Gasteiger partial charge < -0.3 is 5.32 Å². The Morgan fingerprint density at radius 2 is 1.95 bits per heavy atom. The van der Waals surface area contributed by atoms with Crippen molar-refractivity contribution in [3.05, 3.63) is 64.7 Å². The van der Waals surface area contributed by atoms with Gasteiger partial charge in [0, 0.05) is 11.3 Å². The van der Waals surface area contributed by atoms with E-state index >= 15 is 0 Å². The number of fused-ring (bicyclic) bond motifs is 1. The number of hydrogen-bond acceptors (Lipinski definition) is 1. The predicted molar refractivity (Wildman–Crippen MR) is 82.3 cm³/mol. The molecule has 1 aliphatic carbocycles. The maximum atomic E-state index is 12.4. The molecule has 2 aromatic rings. The van der Waals surface area contributed by atoms with Crippen LogP contribution in [0.25, 0.3) is 0 Å². The largest absolute Gasteiger partial charge is 0.322 e. The lowest BCUT2D eigenvalue weighted by Crippen LogP contribution is -2.14. The van der Waals surface area contributed by atoms with Crippen molar-refractivity contribution in [1.29, 1.82) is 0 Å². The maximum Gasteiger partial charge on any atom is 0.255 e. The summed E-state index contributed by atoms with van der Waals surface area (Å²) in [5, 5.41) is 3.08. The SMILES string of the molecule is Cc1ccccc1C(=O)Nc1cccc2c1CCC2C. The van der Waals surface area contributed by atoms with Crippen LogP contribution in [0.2, 0.25) is 0 Å². The van der Waals surface area contributed by atoms with E-state index in [0.717, 1.165) is 23.2 Å². The first-order chi connectivity index (χ1) is 9.66. The summed E-state index contributed by atoms with van der Waals surface area (Å²) in [6.45, 7) is 4.21. The molecule has 1 atom stereocenters. The van der Waals surface area contributed by atoms with Gasteiger partial charge in [-0.25, -0.2) is 0 Å². The minimum absolute atomic E-state index is 0.0175. The van der Waals surface area contributed by atoms with Crippen molar-refractivity contribution in [1.82, 2.24) is 0 Å². The average molecular weight is 265 g/mol. The van der Waals surface area contributed by atoms with Gasteiger partial charge in [-0.1, -0.05) is 37.3 Å². The summed E-state index contributed by atoms with van der Waals surface area (Å²) in [6.07, 6.45) is 2.23. The van der Waals surface area contributed by atoms with Crippen molar-refractivity contribution >= 4 is 11.6 Å². The topological polar surface area (TPSA) is 29.1 Å². The predicted octanol–water partition coefficient (Wildman–Crippen LogP) is 4.30. The molecule has 2 aromatic carbocycles. The third kappa shape index (κ3) is 2.22. The van der Waals surface area contributed by atoms with Crippen LogP contribution in [0.15, 0.2) is 42.5 Å². The standard InChI is InChI=1S/C18H19NO/c1-12-6-3-4-7-15(12)18(20)19-17-9-5-8-14-13(2)10-11-16(14)17/h3-9,13H,10-11H2,1-2H3,(H,19,20). The Labute approximate surface area is 119 Å². The number of rotatable bonds is 2. The van der Waals surface area contributed by atoms with Crippen molar-refractivity contribution in [3.63, 3.8) is 0 Å². The van der Waals surface area contributed by atoms with E-state index in [9.17, 15) is 4.79 Å². The number of aryl methyl sites for hydroxylation is 1. The van der Waals surface area contributed by atoms with Crippen molar-refractivity contribution in [2.75, 3.05) is 5.32 Å². The summed E-state index contributed by atoms with van der Waals surface area (Å²) in [7, 11) is 0. The lowest BCUT2D eigenvalue weighted by molar-refractivity contribution is 0.102. The molecule has 0 saturated carbocycles. The Kier molecular flexibility index (Phi) is 3.31. The highest BCUT2D eigenvalue weighted by Crippen LogP contribution is 2.36. The second-order valence-corrected chi connectivity index (χ2v) is 5.58. The van der Waals surface area contributed by atoms with Gasteiger partial charge >= 0.3 is 0 Å². The van der Waals surface area contributed by atoms with Gasteiger partial charge in [0.1, 0.15) is 0 Å². The Bertz CT molecular complexity index is 660. The Hall–Kier alpha value is -2.09. The van der Waals surface area contributed by atoms with Crippen LogP contribution in [-0.4, -0.2) is 5.91 Å². The van der Waals surface area contributed by atoms with Gasteiger partial charge in [0.25, 0.3) is 5.91 Å². The lowest BCUT2D eigenvalue weighted by atomic mass is 10.0.